The fourth-order valence-corrected chi connectivity index (χ4v) is 1.94. The van der Waals surface area contributed by atoms with Gasteiger partial charge in [-0.25, -0.2) is 0 Å². The van der Waals surface area contributed by atoms with Crippen LogP contribution in [0.5, 0.6) is 0 Å². The summed E-state index contributed by atoms with van der Waals surface area (Å²) in [6.07, 6.45) is 12.5. The number of hydrogen-bond donors (Lipinski definition) is 0. The summed E-state index contributed by atoms with van der Waals surface area (Å²) in [5, 5.41) is 0. The van der Waals surface area contributed by atoms with E-state index in [2.05, 4.69) is 36.0 Å². The van der Waals surface area contributed by atoms with Crippen LogP contribution in [0.2, 0.25) is 0 Å². The molecule has 1 aliphatic heterocycles. The second-order valence-corrected chi connectivity index (χ2v) is 4.48. The number of unbranched alkanes of at least 4 members (excludes halogenated alkanes) is 4. The van der Waals surface area contributed by atoms with Crippen molar-refractivity contribution >= 4 is 0 Å². The Balaban J connectivity index is 2.03. The smallest absolute Gasteiger partial charge is 0.0893 e. The van der Waals surface area contributed by atoms with Gasteiger partial charge in [0.05, 0.1) is 6.67 Å². The zero-order chi connectivity index (χ0) is 10.9. The molecule has 0 saturated carbocycles. The van der Waals surface area contributed by atoms with Crippen molar-refractivity contribution in [3.63, 3.8) is 0 Å². The zero-order valence-electron chi connectivity index (χ0n) is 10.4. The summed E-state index contributed by atoms with van der Waals surface area (Å²) < 4.78 is 0. The number of rotatable bonds is 8. The van der Waals surface area contributed by atoms with Gasteiger partial charge < -0.3 is 9.80 Å². The first kappa shape index (κ1) is 12.4. The first-order valence-corrected chi connectivity index (χ1v) is 6.53. The summed E-state index contributed by atoms with van der Waals surface area (Å²) in [6.45, 7) is 8.10. The van der Waals surface area contributed by atoms with Crippen LogP contribution < -0.4 is 0 Å². The van der Waals surface area contributed by atoms with Crippen molar-refractivity contribution in [3.05, 3.63) is 12.4 Å². The molecule has 0 aromatic rings. The molecule has 0 amide bonds. The molecule has 1 rings (SSSR count). The molecule has 0 atom stereocenters. The second-order valence-electron chi connectivity index (χ2n) is 4.48. The van der Waals surface area contributed by atoms with Crippen LogP contribution in [-0.4, -0.2) is 29.6 Å². The van der Waals surface area contributed by atoms with Crippen molar-refractivity contribution in [2.45, 2.75) is 52.4 Å². The molecule has 2 heteroatoms. The average molecular weight is 210 g/mol. The fourth-order valence-electron chi connectivity index (χ4n) is 1.94. The summed E-state index contributed by atoms with van der Waals surface area (Å²) in [4.78, 5) is 4.86. The Hall–Kier alpha value is -0.660. The highest BCUT2D eigenvalue weighted by atomic mass is 15.3. The second kappa shape index (κ2) is 7.61. The Morgan fingerprint density at radius 2 is 1.27 bits per heavy atom. The van der Waals surface area contributed by atoms with E-state index in [4.69, 9.17) is 0 Å². The molecule has 15 heavy (non-hydrogen) atoms. The molecule has 0 aromatic carbocycles. The maximum absolute atomic E-state index is 2.43. The van der Waals surface area contributed by atoms with E-state index in [-0.39, 0.29) is 0 Å². The molecule has 0 N–H and O–H groups in total. The van der Waals surface area contributed by atoms with Gasteiger partial charge in [-0.2, -0.15) is 0 Å². The van der Waals surface area contributed by atoms with Gasteiger partial charge in [0.15, 0.2) is 0 Å². The molecule has 0 fully saturated rings. The monoisotopic (exact) mass is 210 g/mol. The van der Waals surface area contributed by atoms with Crippen LogP contribution in [0.25, 0.3) is 0 Å². The predicted octanol–water partition coefficient (Wildman–Crippen LogP) is 3.41. The fraction of sp³-hybridized carbons (Fsp3) is 0.846. The van der Waals surface area contributed by atoms with E-state index in [9.17, 15) is 0 Å². The Kier molecular flexibility index (Phi) is 6.29. The van der Waals surface area contributed by atoms with E-state index in [0.29, 0.717) is 0 Å². The third-order valence-electron chi connectivity index (χ3n) is 2.95. The molecule has 0 spiro atoms. The molecular formula is C13H26N2. The normalized spacial score (nSPS) is 15.3. The van der Waals surface area contributed by atoms with Gasteiger partial charge in [0.1, 0.15) is 0 Å². The Labute approximate surface area is 94.9 Å². The topological polar surface area (TPSA) is 6.48 Å². The highest BCUT2D eigenvalue weighted by Crippen LogP contribution is 2.09. The van der Waals surface area contributed by atoms with Crippen molar-refractivity contribution in [2.75, 3.05) is 19.8 Å². The zero-order valence-corrected chi connectivity index (χ0v) is 10.4. The summed E-state index contributed by atoms with van der Waals surface area (Å²) in [7, 11) is 0. The lowest BCUT2D eigenvalue weighted by molar-refractivity contribution is 0.258. The van der Waals surface area contributed by atoms with Crippen molar-refractivity contribution in [1.82, 2.24) is 9.80 Å². The number of nitrogens with zero attached hydrogens (tertiary/aromatic N) is 2. The van der Waals surface area contributed by atoms with Crippen LogP contribution in [0, 0.1) is 0 Å². The van der Waals surface area contributed by atoms with Crippen LogP contribution in [0.1, 0.15) is 52.4 Å². The van der Waals surface area contributed by atoms with Crippen LogP contribution in [0.15, 0.2) is 12.4 Å². The maximum atomic E-state index is 2.43. The van der Waals surface area contributed by atoms with Gasteiger partial charge in [0.2, 0.25) is 0 Å². The van der Waals surface area contributed by atoms with E-state index in [1.165, 1.54) is 51.6 Å². The summed E-state index contributed by atoms with van der Waals surface area (Å²) >= 11 is 0. The van der Waals surface area contributed by atoms with Crippen LogP contribution in [-0.2, 0) is 0 Å². The molecule has 88 valence electrons. The van der Waals surface area contributed by atoms with E-state index < -0.39 is 0 Å². The van der Waals surface area contributed by atoms with Crippen LogP contribution in [0.4, 0.5) is 0 Å². The van der Waals surface area contributed by atoms with Gasteiger partial charge in [-0.3, -0.25) is 0 Å². The molecule has 2 nitrogen and oxygen atoms in total. The SMILES string of the molecule is CCCCCN1C=CN(CCCCC)C1. The first-order valence-electron chi connectivity index (χ1n) is 6.53. The lowest BCUT2D eigenvalue weighted by Gasteiger charge is -2.21. The van der Waals surface area contributed by atoms with Crippen molar-refractivity contribution < 1.29 is 0 Å². The lowest BCUT2D eigenvalue weighted by atomic mass is 10.2. The predicted molar refractivity (Wildman–Crippen MR) is 66.5 cm³/mol. The van der Waals surface area contributed by atoms with Gasteiger partial charge in [-0.15, -0.1) is 0 Å². The van der Waals surface area contributed by atoms with Gasteiger partial charge in [0.25, 0.3) is 0 Å². The van der Waals surface area contributed by atoms with Crippen LogP contribution in [0.3, 0.4) is 0 Å². The molecule has 0 aliphatic carbocycles. The van der Waals surface area contributed by atoms with Gasteiger partial charge in [-0.1, -0.05) is 39.5 Å². The molecule has 1 heterocycles. The Bertz CT molecular complexity index is 159. The van der Waals surface area contributed by atoms with E-state index in [0.717, 1.165) is 6.67 Å². The molecule has 0 saturated heterocycles. The molecule has 0 aromatic heterocycles. The highest BCUT2D eigenvalue weighted by molar-refractivity contribution is 4.90. The molecule has 0 bridgehead atoms. The Morgan fingerprint density at radius 3 is 1.67 bits per heavy atom. The largest absolute Gasteiger partial charge is 0.359 e. The summed E-state index contributed by atoms with van der Waals surface area (Å²) in [5.74, 6) is 0. The highest BCUT2D eigenvalue weighted by Gasteiger charge is 2.10. The van der Waals surface area contributed by atoms with Crippen LogP contribution >= 0.6 is 0 Å². The van der Waals surface area contributed by atoms with Gasteiger partial charge in [0, 0.05) is 25.5 Å². The standard InChI is InChI=1S/C13H26N2/c1-3-5-7-9-14-11-12-15(13-14)10-8-6-4-2/h11-12H,3-10,13H2,1-2H3. The minimum Gasteiger partial charge on any atom is -0.359 e. The third kappa shape index (κ3) is 5.10. The van der Waals surface area contributed by atoms with Crippen molar-refractivity contribution in [3.8, 4) is 0 Å². The lowest BCUT2D eigenvalue weighted by Crippen LogP contribution is -2.26. The molecule has 0 unspecified atom stereocenters. The minimum atomic E-state index is 1.12. The average Bonchev–Trinajstić information content (AvgIpc) is 2.67. The van der Waals surface area contributed by atoms with E-state index in [1.807, 2.05) is 0 Å². The quantitative estimate of drug-likeness (QED) is 0.566. The van der Waals surface area contributed by atoms with E-state index >= 15 is 0 Å². The van der Waals surface area contributed by atoms with Crippen molar-refractivity contribution in [2.24, 2.45) is 0 Å². The first-order chi connectivity index (χ1) is 7.36. The van der Waals surface area contributed by atoms with Crippen molar-refractivity contribution in [1.29, 1.82) is 0 Å². The van der Waals surface area contributed by atoms with Gasteiger partial charge in [-0.05, 0) is 12.8 Å². The molecule has 1 aliphatic rings. The Morgan fingerprint density at radius 1 is 0.800 bits per heavy atom. The summed E-state index contributed by atoms with van der Waals surface area (Å²) in [5.41, 5.74) is 0. The molecular weight excluding hydrogens is 184 g/mol. The van der Waals surface area contributed by atoms with E-state index in [1.54, 1.807) is 0 Å². The summed E-state index contributed by atoms with van der Waals surface area (Å²) in [6, 6.07) is 0. The minimum absolute atomic E-state index is 1.12. The van der Waals surface area contributed by atoms with Gasteiger partial charge >= 0.3 is 0 Å². The molecule has 0 radical (unpaired) electrons. The third-order valence-corrected chi connectivity index (χ3v) is 2.95. The number of hydrogen-bond acceptors (Lipinski definition) is 2. The maximum Gasteiger partial charge on any atom is 0.0893 e.